The number of H-pyrrole nitrogens is 1. The smallest absolute Gasteiger partial charge is 0.255 e. The van der Waals surface area contributed by atoms with Crippen molar-refractivity contribution in [1.82, 2.24) is 25.3 Å². The van der Waals surface area contributed by atoms with Crippen molar-refractivity contribution >= 4 is 0 Å². The predicted molar refractivity (Wildman–Crippen MR) is 67.9 cm³/mol. The third-order valence-corrected chi connectivity index (χ3v) is 2.35. The van der Waals surface area contributed by atoms with Crippen molar-refractivity contribution in [3.05, 3.63) is 40.6 Å². The molecule has 94 valence electrons. The Kier molecular flexibility index (Phi) is 3.78. The summed E-state index contributed by atoms with van der Waals surface area (Å²) in [4.78, 5) is 26.8. The summed E-state index contributed by atoms with van der Waals surface area (Å²) < 4.78 is 0. The van der Waals surface area contributed by atoms with Crippen LogP contribution in [0.2, 0.25) is 0 Å². The number of nitrogens with zero attached hydrogens (tertiary/aromatic N) is 3. The average molecular weight is 245 g/mol. The summed E-state index contributed by atoms with van der Waals surface area (Å²) in [5.74, 6) is 0.798. The van der Waals surface area contributed by atoms with Crippen LogP contribution in [0.1, 0.15) is 19.4 Å². The lowest BCUT2D eigenvalue weighted by Gasteiger charge is -2.07. The van der Waals surface area contributed by atoms with Gasteiger partial charge < -0.3 is 10.3 Å². The second-order valence-electron chi connectivity index (χ2n) is 4.19. The molecule has 0 fully saturated rings. The second kappa shape index (κ2) is 5.50. The monoisotopic (exact) mass is 245 g/mol. The van der Waals surface area contributed by atoms with E-state index in [4.69, 9.17) is 0 Å². The highest BCUT2D eigenvalue weighted by atomic mass is 16.1. The quantitative estimate of drug-likeness (QED) is 0.829. The van der Waals surface area contributed by atoms with E-state index in [9.17, 15) is 4.79 Å². The van der Waals surface area contributed by atoms with Gasteiger partial charge in [-0.3, -0.25) is 4.79 Å². The van der Waals surface area contributed by atoms with E-state index in [-0.39, 0.29) is 5.56 Å². The minimum Gasteiger partial charge on any atom is -0.310 e. The average Bonchev–Trinajstić information content (AvgIpc) is 2.38. The predicted octanol–water partition coefficient (Wildman–Crippen LogP) is 0.725. The van der Waals surface area contributed by atoms with Crippen LogP contribution in [0.4, 0.5) is 0 Å². The van der Waals surface area contributed by atoms with Crippen LogP contribution in [-0.2, 0) is 6.54 Å². The minimum atomic E-state index is -0.166. The van der Waals surface area contributed by atoms with Crippen molar-refractivity contribution in [1.29, 1.82) is 0 Å². The van der Waals surface area contributed by atoms with Crippen molar-refractivity contribution in [3.63, 3.8) is 0 Å². The normalized spacial score (nSPS) is 10.8. The molecule has 0 bridgehead atoms. The van der Waals surface area contributed by atoms with Gasteiger partial charge in [-0.25, -0.2) is 15.0 Å². The number of aromatic amines is 1. The molecule has 0 aromatic carbocycles. The van der Waals surface area contributed by atoms with Gasteiger partial charge >= 0.3 is 0 Å². The summed E-state index contributed by atoms with van der Waals surface area (Å²) in [5.41, 5.74) is 0.434. The number of aromatic nitrogens is 4. The molecule has 0 amide bonds. The molecule has 0 atom stereocenters. The SMILES string of the molecule is CC(C)NCc1cnc(-c2ncccn2)[nH]c1=O. The standard InChI is InChI=1S/C12H15N5O/c1-8(2)15-6-9-7-16-11(17-12(9)18)10-13-4-3-5-14-10/h3-5,7-8,15H,6H2,1-2H3,(H,16,17,18). The fourth-order valence-electron chi connectivity index (χ4n) is 1.40. The fourth-order valence-corrected chi connectivity index (χ4v) is 1.40. The van der Waals surface area contributed by atoms with Gasteiger partial charge in [0.1, 0.15) is 0 Å². The molecule has 0 saturated heterocycles. The van der Waals surface area contributed by atoms with Gasteiger partial charge in [-0.05, 0) is 6.07 Å². The maximum atomic E-state index is 11.8. The van der Waals surface area contributed by atoms with Crippen molar-refractivity contribution in [2.45, 2.75) is 26.4 Å². The van der Waals surface area contributed by atoms with Gasteiger partial charge in [0.25, 0.3) is 5.56 Å². The van der Waals surface area contributed by atoms with Gasteiger partial charge in [0.15, 0.2) is 11.6 Å². The molecule has 2 aromatic rings. The third-order valence-electron chi connectivity index (χ3n) is 2.35. The first-order valence-corrected chi connectivity index (χ1v) is 5.76. The lowest BCUT2D eigenvalue weighted by Crippen LogP contribution is -2.26. The number of hydrogen-bond donors (Lipinski definition) is 2. The van der Waals surface area contributed by atoms with Gasteiger partial charge in [-0.15, -0.1) is 0 Å². The molecule has 0 unspecified atom stereocenters. The molecule has 18 heavy (non-hydrogen) atoms. The molecule has 0 spiro atoms. The van der Waals surface area contributed by atoms with E-state index in [1.54, 1.807) is 24.7 Å². The van der Waals surface area contributed by atoms with Gasteiger partial charge in [-0.1, -0.05) is 13.8 Å². The summed E-state index contributed by atoms with van der Waals surface area (Å²) in [6.45, 7) is 4.54. The summed E-state index contributed by atoms with van der Waals surface area (Å²) in [6.07, 6.45) is 4.77. The van der Waals surface area contributed by atoms with E-state index >= 15 is 0 Å². The van der Waals surface area contributed by atoms with E-state index in [0.717, 1.165) is 0 Å². The molecular weight excluding hydrogens is 230 g/mol. The lowest BCUT2D eigenvalue weighted by molar-refractivity contribution is 0.584. The Hall–Kier alpha value is -2.08. The second-order valence-corrected chi connectivity index (χ2v) is 4.19. The summed E-state index contributed by atoms with van der Waals surface area (Å²) in [6, 6.07) is 2.03. The van der Waals surface area contributed by atoms with E-state index in [1.165, 1.54) is 0 Å². The molecular formula is C12H15N5O. The van der Waals surface area contributed by atoms with Crippen LogP contribution in [0.5, 0.6) is 0 Å². The largest absolute Gasteiger partial charge is 0.310 e. The van der Waals surface area contributed by atoms with Crippen molar-refractivity contribution in [3.8, 4) is 11.6 Å². The maximum absolute atomic E-state index is 11.8. The Morgan fingerprint density at radius 1 is 1.28 bits per heavy atom. The molecule has 2 N–H and O–H groups in total. The first-order valence-electron chi connectivity index (χ1n) is 5.76. The van der Waals surface area contributed by atoms with Crippen molar-refractivity contribution in [2.24, 2.45) is 0 Å². The summed E-state index contributed by atoms with van der Waals surface area (Å²) in [7, 11) is 0. The van der Waals surface area contributed by atoms with Crippen LogP contribution in [0.3, 0.4) is 0 Å². The zero-order chi connectivity index (χ0) is 13.0. The van der Waals surface area contributed by atoms with Gasteiger partial charge in [0.05, 0.1) is 0 Å². The van der Waals surface area contributed by atoms with E-state index in [2.05, 4.69) is 25.3 Å². The number of nitrogens with one attached hydrogen (secondary N) is 2. The van der Waals surface area contributed by atoms with Crippen molar-refractivity contribution in [2.75, 3.05) is 0 Å². The Balaban J connectivity index is 2.23. The van der Waals surface area contributed by atoms with Crippen molar-refractivity contribution < 1.29 is 0 Å². The molecule has 6 heteroatoms. The van der Waals surface area contributed by atoms with Gasteiger partial charge in [0.2, 0.25) is 0 Å². The zero-order valence-corrected chi connectivity index (χ0v) is 10.3. The Bertz CT molecular complexity index is 564. The van der Waals surface area contributed by atoms with Crippen LogP contribution >= 0.6 is 0 Å². The van der Waals surface area contributed by atoms with Crippen LogP contribution in [-0.4, -0.2) is 26.0 Å². The molecule has 0 aliphatic heterocycles. The van der Waals surface area contributed by atoms with E-state index in [1.807, 2.05) is 13.8 Å². The van der Waals surface area contributed by atoms with E-state index < -0.39 is 0 Å². The van der Waals surface area contributed by atoms with Gasteiger partial charge in [0, 0.05) is 36.7 Å². The van der Waals surface area contributed by atoms with Crippen LogP contribution < -0.4 is 10.9 Å². The number of rotatable bonds is 4. The third kappa shape index (κ3) is 2.98. The van der Waals surface area contributed by atoms with Gasteiger partial charge in [-0.2, -0.15) is 0 Å². The highest BCUT2D eigenvalue weighted by Crippen LogP contribution is 2.04. The van der Waals surface area contributed by atoms with Crippen LogP contribution in [0, 0.1) is 0 Å². The molecule has 2 heterocycles. The first-order chi connectivity index (χ1) is 8.66. The van der Waals surface area contributed by atoms with E-state index in [0.29, 0.717) is 29.8 Å². The molecule has 0 radical (unpaired) electrons. The highest BCUT2D eigenvalue weighted by Gasteiger charge is 2.06. The number of hydrogen-bond acceptors (Lipinski definition) is 5. The Morgan fingerprint density at radius 2 is 2.00 bits per heavy atom. The topological polar surface area (TPSA) is 83.6 Å². The van der Waals surface area contributed by atoms with Crippen LogP contribution in [0.25, 0.3) is 11.6 Å². The zero-order valence-electron chi connectivity index (χ0n) is 10.3. The lowest BCUT2D eigenvalue weighted by atomic mass is 10.3. The molecule has 2 rings (SSSR count). The molecule has 0 aliphatic carbocycles. The minimum absolute atomic E-state index is 0.166. The maximum Gasteiger partial charge on any atom is 0.255 e. The Labute approximate surface area is 105 Å². The fraction of sp³-hybridized carbons (Fsp3) is 0.333. The Morgan fingerprint density at radius 3 is 2.61 bits per heavy atom. The highest BCUT2D eigenvalue weighted by molar-refractivity contribution is 5.41. The first kappa shape index (κ1) is 12.4. The molecule has 0 saturated carbocycles. The summed E-state index contributed by atoms with van der Waals surface area (Å²) in [5, 5.41) is 3.17. The molecule has 6 nitrogen and oxygen atoms in total. The van der Waals surface area contributed by atoms with Crippen LogP contribution in [0.15, 0.2) is 29.5 Å². The molecule has 0 aliphatic rings. The summed E-state index contributed by atoms with van der Waals surface area (Å²) >= 11 is 0. The molecule has 2 aromatic heterocycles.